The molecule has 1 atom stereocenters. The van der Waals surface area contributed by atoms with Gasteiger partial charge in [0, 0.05) is 55.3 Å². The van der Waals surface area contributed by atoms with Crippen molar-refractivity contribution in [3.05, 3.63) is 63.6 Å². The van der Waals surface area contributed by atoms with Crippen molar-refractivity contribution in [3.8, 4) is 0 Å². The number of rotatable bonds is 6. The molecule has 0 aromatic heterocycles. The molecule has 2 N–H and O–H groups in total. The number of para-hydroxylation sites is 1. The van der Waals surface area contributed by atoms with Crippen LogP contribution in [0.2, 0.25) is 0 Å². The van der Waals surface area contributed by atoms with E-state index in [-0.39, 0.29) is 18.0 Å². The Labute approximate surface area is 275 Å². The molecule has 3 saturated heterocycles. The molecule has 9 nitrogen and oxygen atoms in total. The lowest BCUT2D eigenvalue weighted by Gasteiger charge is -2.39. The van der Waals surface area contributed by atoms with E-state index >= 15 is 0 Å². The Morgan fingerprint density at radius 3 is 2.33 bits per heavy atom. The molecule has 0 aliphatic carbocycles. The van der Waals surface area contributed by atoms with Gasteiger partial charge in [0.15, 0.2) is 6.10 Å². The number of nitrogens with one attached hydrogen (secondary N) is 2. The van der Waals surface area contributed by atoms with E-state index in [2.05, 4.69) is 32.6 Å². The summed E-state index contributed by atoms with van der Waals surface area (Å²) in [6.45, 7) is 7.25. The van der Waals surface area contributed by atoms with Gasteiger partial charge >= 0.3 is 12.1 Å². The summed E-state index contributed by atoms with van der Waals surface area (Å²) in [6.07, 6.45) is 5.60. The molecule has 6 rings (SSSR count). The summed E-state index contributed by atoms with van der Waals surface area (Å²) in [5.41, 5.74) is 4.08. The fourth-order valence-corrected chi connectivity index (χ4v) is 7.99. The minimum absolute atomic E-state index is 0.0481. The highest BCUT2D eigenvalue weighted by Gasteiger charge is 2.36. The van der Waals surface area contributed by atoms with Crippen LogP contribution in [0.5, 0.6) is 0 Å². The van der Waals surface area contributed by atoms with Crippen molar-refractivity contribution in [2.24, 2.45) is 11.8 Å². The highest BCUT2D eigenvalue weighted by molar-refractivity contribution is 9.10. The lowest BCUT2D eigenvalue weighted by Crippen LogP contribution is -2.52. The maximum Gasteiger partial charge on any atom is 0.410 e. The number of hydrogen-bond donors (Lipinski definition) is 2. The van der Waals surface area contributed by atoms with Gasteiger partial charge in [0.2, 0.25) is 0 Å². The number of fused-ring (bicyclic) bond motifs is 1. The summed E-state index contributed by atoms with van der Waals surface area (Å²) >= 11 is 3.62. The van der Waals surface area contributed by atoms with Crippen LogP contribution in [0.25, 0.3) is 0 Å². The van der Waals surface area contributed by atoms with E-state index in [0.717, 1.165) is 65.1 Å². The smallest absolute Gasteiger partial charge is 0.410 e. The molecule has 0 radical (unpaired) electrons. The predicted octanol–water partition coefficient (Wildman–Crippen LogP) is 5.60. The van der Waals surface area contributed by atoms with Gasteiger partial charge in [-0.3, -0.25) is 4.79 Å². The van der Waals surface area contributed by atoms with Gasteiger partial charge in [0.05, 0.1) is 0 Å². The number of carbonyl (C=O) groups excluding carboxylic acids is 3. The first-order chi connectivity index (χ1) is 21.9. The van der Waals surface area contributed by atoms with E-state index in [1.807, 2.05) is 53.1 Å². The van der Waals surface area contributed by atoms with E-state index in [4.69, 9.17) is 4.74 Å². The third kappa shape index (κ3) is 7.65. The predicted molar refractivity (Wildman–Crippen MR) is 178 cm³/mol. The van der Waals surface area contributed by atoms with Crippen molar-refractivity contribution in [2.75, 3.05) is 51.1 Å². The topological polar surface area (TPSA) is 94.2 Å². The Balaban J connectivity index is 1.07. The Morgan fingerprint density at radius 2 is 1.60 bits per heavy atom. The van der Waals surface area contributed by atoms with Gasteiger partial charge in [-0.25, -0.2) is 9.59 Å². The van der Waals surface area contributed by atoms with Crippen LogP contribution in [-0.2, 0) is 22.4 Å². The van der Waals surface area contributed by atoms with Gasteiger partial charge in [0.25, 0.3) is 5.91 Å². The van der Waals surface area contributed by atoms with Crippen molar-refractivity contribution in [2.45, 2.75) is 70.4 Å². The summed E-state index contributed by atoms with van der Waals surface area (Å²) in [6, 6.07) is 13.9. The largest absolute Gasteiger partial charge is 0.436 e. The van der Waals surface area contributed by atoms with Crippen LogP contribution < -0.4 is 10.6 Å². The molecule has 4 heterocycles. The second-order valence-electron chi connectivity index (χ2n) is 13.2. The number of nitrogens with zero attached hydrogens (tertiary/aromatic N) is 3. The normalized spacial score (nSPS) is 21.1. The fraction of sp³-hybridized carbons (Fsp3) is 0.571. The molecule has 2 aromatic rings. The second-order valence-corrected chi connectivity index (χ2v) is 14.0. The van der Waals surface area contributed by atoms with Crippen LogP contribution >= 0.6 is 15.9 Å². The average Bonchev–Trinajstić information content (AvgIpc) is 3.24. The van der Waals surface area contributed by atoms with Crippen molar-refractivity contribution < 1.29 is 19.1 Å². The zero-order chi connectivity index (χ0) is 31.3. The lowest BCUT2D eigenvalue weighted by molar-refractivity contribution is -0.142. The van der Waals surface area contributed by atoms with Crippen LogP contribution in [-0.4, -0.2) is 90.7 Å². The molecule has 45 heavy (non-hydrogen) atoms. The Kier molecular flexibility index (Phi) is 10.3. The first-order valence-electron chi connectivity index (χ1n) is 16.7. The van der Waals surface area contributed by atoms with Gasteiger partial charge in [-0.2, -0.15) is 0 Å². The molecule has 4 aliphatic heterocycles. The van der Waals surface area contributed by atoms with Crippen molar-refractivity contribution in [3.63, 3.8) is 0 Å². The third-order valence-corrected chi connectivity index (χ3v) is 11.2. The molecule has 242 valence electrons. The van der Waals surface area contributed by atoms with Crippen LogP contribution in [0, 0.1) is 18.8 Å². The fourth-order valence-electron chi connectivity index (χ4n) is 7.56. The standard InChI is InChI=1S/C35H46BrN5O4/c1-24-6-7-25(22-30(24)36)23-32(33(42)39-17-10-27(11-18-39)26-8-15-37-16-9-26)45-35(44)40-19-13-29(14-20-40)41-21-12-28-4-2-3-5-31(28)38-34(41)43/h2-7,22,26-27,29,32,37H,8-21,23H2,1H3,(H,38,43)/t32-/m1/s1. The number of halogens is 1. The van der Waals surface area contributed by atoms with E-state index in [0.29, 0.717) is 57.9 Å². The first kappa shape index (κ1) is 31.9. The first-order valence-corrected chi connectivity index (χ1v) is 17.5. The Hall–Kier alpha value is -3.11. The quantitative estimate of drug-likeness (QED) is 0.415. The molecule has 4 aliphatic rings. The van der Waals surface area contributed by atoms with E-state index in [9.17, 15) is 14.4 Å². The van der Waals surface area contributed by atoms with Gasteiger partial charge in [0.1, 0.15) is 0 Å². The molecule has 0 saturated carbocycles. The van der Waals surface area contributed by atoms with Gasteiger partial charge in [-0.05, 0) is 106 Å². The van der Waals surface area contributed by atoms with Crippen LogP contribution in [0.3, 0.4) is 0 Å². The van der Waals surface area contributed by atoms with E-state index in [1.165, 1.54) is 12.8 Å². The Morgan fingerprint density at radius 1 is 0.911 bits per heavy atom. The zero-order valence-electron chi connectivity index (χ0n) is 26.3. The SMILES string of the molecule is Cc1ccc(C[C@@H](OC(=O)N2CCC(N3CCc4ccccc4NC3=O)CC2)C(=O)N2CCC(C3CCNCC3)CC2)cc1Br. The number of likely N-dealkylation sites (tertiary alicyclic amines) is 2. The number of anilines is 1. The molecular weight excluding hydrogens is 634 g/mol. The molecule has 2 aromatic carbocycles. The van der Waals surface area contributed by atoms with Crippen molar-refractivity contribution in [1.82, 2.24) is 20.0 Å². The number of piperidine rings is 3. The minimum Gasteiger partial charge on any atom is -0.436 e. The molecule has 4 amide bonds. The zero-order valence-corrected chi connectivity index (χ0v) is 27.9. The minimum atomic E-state index is -0.879. The molecule has 0 spiro atoms. The Bertz CT molecular complexity index is 1370. The third-order valence-electron chi connectivity index (χ3n) is 10.4. The second kappa shape index (κ2) is 14.5. The summed E-state index contributed by atoms with van der Waals surface area (Å²) in [7, 11) is 0. The van der Waals surface area contributed by atoms with E-state index < -0.39 is 12.2 Å². The summed E-state index contributed by atoms with van der Waals surface area (Å²) < 4.78 is 7.04. The van der Waals surface area contributed by atoms with Crippen molar-refractivity contribution in [1.29, 1.82) is 0 Å². The highest BCUT2D eigenvalue weighted by atomic mass is 79.9. The number of amides is 4. The highest BCUT2D eigenvalue weighted by Crippen LogP contribution is 2.32. The number of hydrogen-bond acceptors (Lipinski definition) is 5. The number of aryl methyl sites for hydroxylation is 1. The van der Waals surface area contributed by atoms with Crippen LogP contribution in [0.1, 0.15) is 55.2 Å². The number of ether oxygens (including phenoxy) is 1. The monoisotopic (exact) mass is 679 g/mol. The number of urea groups is 1. The lowest BCUT2D eigenvalue weighted by atomic mass is 9.79. The number of benzene rings is 2. The molecule has 0 bridgehead atoms. The number of carbonyl (C=O) groups is 3. The summed E-state index contributed by atoms with van der Waals surface area (Å²) in [5, 5.41) is 6.52. The molecule has 0 unspecified atom stereocenters. The average molecular weight is 681 g/mol. The van der Waals surface area contributed by atoms with Gasteiger partial charge in [-0.15, -0.1) is 0 Å². The molecule has 3 fully saturated rings. The maximum absolute atomic E-state index is 13.9. The molecular formula is C35H46BrN5O4. The van der Waals surface area contributed by atoms with Crippen LogP contribution in [0.4, 0.5) is 15.3 Å². The summed E-state index contributed by atoms with van der Waals surface area (Å²) in [5.74, 6) is 1.30. The van der Waals surface area contributed by atoms with Crippen LogP contribution in [0.15, 0.2) is 46.9 Å². The van der Waals surface area contributed by atoms with Gasteiger partial charge < -0.3 is 30.1 Å². The van der Waals surface area contributed by atoms with Crippen molar-refractivity contribution >= 4 is 39.6 Å². The van der Waals surface area contributed by atoms with E-state index in [1.54, 1.807) is 4.90 Å². The maximum atomic E-state index is 13.9. The molecule has 10 heteroatoms. The van der Waals surface area contributed by atoms with Gasteiger partial charge in [-0.1, -0.05) is 46.3 Å². The summed E-state index contributed by atoms with van der Waals surface area (Å²) in [4.78, 5) is 46.1.